The van der Waals surface area contributed by atoms with Gasteiger partial charge in [-0.15, -0.1) is 0 Å². The molecule has 3 rings (SSSR count). The fraction of sp³-hybridized carbons (Fsp3) is 0.353. The fourth-order valence-electron chi connectivity index (χ4n) is 2.64. The molecule has 21 heavy (non-hydrogen) atoms. The molecule has 110 valence electrons. The Hall–Kier alpha value is -2.07. The first-order chi connectivity index (χ1) is 10.2. The summed E-state index contributed by atoms with van der Waals surface area (Å²) in [7, 11) is 0. The van der Waals surface area contributed by atoms with E-state index < -0.39 is 0 Å². The Morgan fingerprint density at radius 1 is 1.33 bits per heavy atom. The molecule has 0 saturated carbocycles. The molecule has 1 aliphatic heterocycles. The molecule has 4 heteroatoms. The second-order valence-electron chi connectivity index (χ2n) is 5.38. The maximum atomic E-state index is 12.4. The summed E-state index contributed by atoms with van der Waals surface area (Å²) < 4.78 is 11.0. The van der Waals surface area contributed by atoms with Crippen molar-refractivity contribution in [2.75, 3.05) is 19.7 Å². The molecular weight excluding hydrogens is 266 g/mol. The molecule has 0 bridgehead atoms. The Morgan fingerprint density at radius 3 is 2.86 bits per heavy atom. The zero-order valence-electron chi connectivity index (χ0n) is 12.1. The predicted octanol–water partition coefficient (Wildman–Crippen LogP) is 2.67. The zero-order valence-corrected chi connectivity index (χ0v) is 12.1. The van der Waals surface area contributed by atoms with Crippen LogP contribution in [-0.4, -0.2) is 36.6 Å². The van der Waals surface area contributed by atoms with E-state index >= 15 is 0 Å². The third-order valence-electron chi connectivity index (χ3n) is 3.71. The molecule has 1 fully saturated rings. The minimum absolute atomic E-state index is 0.0215. The van der Waals surface area contributed by atoms with Gasteiger partial charge >= 0.3 is 0 Å². The van der Waals surface area contributed by atoms with Gasteiger partial charge < -0.3 is 14.1 Å². The number of benzene rings is 1. The molecule has 0 spiro atoms. The highest BCUT2D eigenvalue weighted by Gasteiger charge is 2.25. The lowest BCUT2D eigenvalue weighted by atomic mass is 10.1. The summed E-state index contributed by atoms with van der Waals surface area (Å²) in [5, 5.41) is 0. The smallest absolute Gasteiger partial charge is 0.257 e. The number of nitrogens with zero attached hydrogens (tertiary/aromatic N) is 1. The molecule has 1 amide bonds. The molecule has 4 nitrogen and oxygen atoms in total. The second-order valence-corrected chi connectivity index (χ2v) is 5.38. The van der Waals surface area contributed by atoms with Gasteiger partial charge in [-0.2, -0.15) is 0 Å². The van der Waals surface area contributed by atoms with Crippen molar-refractivity contribution in [1.29, 1.82) is 0 Å². The van der Waals surface area contributed by atoms with Crippen LogP contribution in [0.1, 0.15) is 21.7 Å². The zero-order chi connectivity index (χ0) is 14.7. The molecule has 0 radical (unpaired) electrons. The molecule has 0 N–H and O–H groups in total. The highest BCUT2D eigenvalue weighted by molar-refractivity contribution is 5.94. The Labute approximate surface area is 124 Å². The molecule has 1 unspecified atom stereocenters. The molecule has 1 saturated heterocycles. The third-order valence-corrected chi connectivity index (χ3v) is 3.71. The lowest BCUT2D eigenvalue weighted by Crippen LogP contribution is -2.46. The standard InChI is InChI=1S/C17H19NO3/c1-13-9-15(12-21-13)17(19)18-7-8-20-16(11-18)10-14-5-3-2-4-6-14/h2-6,9,12,16H,7-8,10-11H2,1H3. The van der Waals surface area contributed by atoms with Crippen LogP contribution in [0.25, 0.3) is 0 Å². The number of carbonyl (C=O) groups is 1. The van der Waals surface area contributed by atoms with Crippen LogP contribution in [0.2, 0.25) is 0 Å². The molecular formula is C17H19NO3. The average Bonchev–Trinajstić information content (AvgIpc) is 2.94. The number of rotatable bonds is 3. The van der Waals surface area contributed by atoms with E-state index in [1.54, 1.807) is 6.07 Å². The maximum absolute atomic E-state index is 12.4. The van der Waals surface area contributed by atoms with Crippen molar-refractivity contribution in [2.24, 2.45) is 0 Å². The number of carbonyl (C=O) groups excluding carboxylic acids is 1. The van der Waals surface area contributed by atoms with Crippen LogP contribution in [0.5, 0.6) is 0 Å². The van der Waals surface area contributed by atoms with Gasteiger partial charge in [0.15, 0.2) is 0 Å². The molecule has 0 aliphatic carbocycles. The summed E-state index contributed by atoms with van der Waals surface area (Å²) >= 11 is 0. The minimum Gasteiger partial charge on any atom is -0.469 e. The average molecular weight is 285 g/mol. The summed E-state index contributed by atoms with van der Waals surface area (Å²) in [6, 6.07) is 12.0. The number of hydrogen-bond donors (Lipinski definition) is 0. The van der Waals surface area contributed by atoms with E-state index in [9.17, 15) is 4.79 Å². The summed E-state index contributed by atoms with van der Waals surface area (Å²) in [5.74, 6) is 0.778. The molecule has 2 heterocycles. The Morgan fingerprint density at radius 2 is 2.14 bits per heavy atom. The lowest BCUT2D eigenvalue weighted by Gasteiger charge is -2.32. The summed E-state index contributed by atoms with van der Waals surface area (Å²) in [6.45, 7) is 3.68. The lowest BCUT2D eigenvalue weighted by molar-refractivity contribution is -0.0208. The monoisotopic (exact) mass is 285 g/mol. The normalized spacial score (nSPS) is 18.7. The van der Waals surface area contributed by atoms with Crippen molar-refractivity contribution >= 4 is 5.91 Å². The first-order valence-electron chi connectivity index (χ1n) is 7.22. The van der Waals surface area contributed by atoms with Crippen LogP contribution < -0.4 is 0 Å². The van der Waals surface area contributed by atoms with E-state index in [1.807, 2.05) is 30.0 Å². The summed E-state index contributed by atoms with van der Waals surface area (Å²) in [6.07, 6.45) is 2.41. The van der Waals surface area contributed by atoms with Crippen molar-refractivity contribution in [2.45, 2.75) is 19.4 Å². The highest BCUT2D eigenvalue weighted by atomic mass is 16.5. The van der Waals surface area contributed by atoms with E-state index in [4.69, 9.17) is 9.15 Å². The van der Waals surface area contributed by atoms with Crippen molar-refractivity contribution in [3.05, 3.63) is 59.5 Å². The minimum atomic E-state index is 0.0215. The summed E-state index contributed by atoms with van der Waals surface area (Å²) in [5.41, 5.74) is 1.85. The largest absolute Gasteiger partial charge is 0.469 e. The van der Waals surface area contributed by atoms with Crippen molar-refractivity contribution in [3.63, 3.8) is 0 Å². The van der Waals surface area contributed by atoms with Gasteiger partial charge in [-0.05, 0) is 18.6 Å². The quantitative estimate of drug-likeness (QED) is 0.870. The molecule has 1 aromatic carbocycles. The molecule has 1 atom stereocenters. The van der Waals surface area contributed by atoms with E-state index in [2.05, 4.69) is 12.1 Å². The Balaban J connectivity index is 1.64. The van der Waals surface area contributed by atoms with Gasteiger partial charge in [0, 0.05) is 19.5 Å². The number of hydrogen-bond acceptors (Lipinski definition) is 3. The maximum Gasteiger partial charge on any atom is 0.257 e. The van der Waals surface area contributed by atoms with Crippen molar-refractivity contribution < 1.29 is 13.9 Å². The van der Waals surface area contributed by atoms with Crippen molar-refractivity contribution in [3.8, 4) is 0 Å². The van der Waals surface area contributed by atoms with Gasteiger partial charge in [0.2, 0.25) is 0 Å². The molecule has 1 aromatic heterocycles. The van der Waals surface area contributed by atoms with Gasteiger partial charge in [-0.1, -0.05) is 30.3 Å². The number of furan rings is 1. The fourth-order valence-corrected chi connectivity index (χ4v) is 2.64. The first-order valence-corrected chi connectivity index (χ1v) is 7.22. The third kappa shape index (κ3) is 3.34. The van der Waals surface area contributed by atoms with Crippen LogP contribution in [-0.2, 0) is 11.2 Å². The topological polar surface area (TPSA) is 42.7 Å². The number of aryl methyl sites for hydroxylation is 1. The van der Waals surface area contributed by atoms with E-state index in [0.29, 0.717) is 25.3 Å². The van der Waals surface area contributed by atoms with Gasteiger partial charge in [0.1, 0.15) is 12.0 Å². The molecule has 1 aliphatic rings. The highest BCUT2D eigenvalue weighted by Crippen LogP contribution is 2.15. The number of morpholine rings is 1. The number of ether oxygens (including phenoxy) is 1. The predicted molar refractivity (Wildman–Crippen MR) is 79.2 cm³/mol. The summed E-state index contributed by atoms with van der Waals surface area (Å²) in [4.78, 5) is 14.3. The van der Waals surface area contributed by atoms with Gasteiger partial charge in [0.05, 0.1) is 18.3 Å². The first kappa shape index (κ1) is 13.9. The van der Waals surface area contributed by atoms with Gasteiger partial charge in [-0.3, -0.25) is 4.79 Å². The van der Waals surface area contributed by atoms with Crippen molar-refractivity contribution in [1.82, 2.24) is 4.90 Å². The van der Waals surface area contributed by atoms with Crippen LogP contribution >= 0.6 is 0 Å². The second kappa shape index (κ2) is 6.14. The Bertz CT molecular complexity index is 606. The van der Waals surface area contributed by atoms with Crippen LogP contribution in [0.4, 0.5) is 0 Å². The van der Waals surface area contributed by atoms with E-state index in [0.717, 1.165) is 12.2 Å². The SMILES string of the molecule is Cc1cc(C(=O)N2CCOC(Cc3ccccc3)C2)co1. The molecule has 2 aromatic rings. The van der Waals surface area contributed by atoms with E-state index in [1.165, 1.54) is 11.8 Å². The Kier molecular flexibility index (Phi) is 4.06. The number of amides is 1. The van der Waals surface area contributed by atoms with Crippen LogP contribution in [0.3, 0.4) is 0 Å². The van der Waals surface area contributed by atoms with Gasteiger partial charge in [-0.25, -0.2) is 0 Å². The van der Waals surface area contributed by atoms with Crippen LogP contribution in [0, 0.1) is 6.92 Å². The van der Waals surface area contributed by atoms with Crippen LogP contribution in [0.15, 0.2) is 47.1 Å². The van der Waals surface area contributed by atoms with Gasteiger partial charge in [0.25, 0.3) is 5.91 Å². The van der Waals surface area contributed by atoms with E-state index in [-0.39, 0.29) is 12.0 Å².